The second-order valence-corrected chi connectivity index (χ2v) is 2.36. The normalized spacial score (nSPS) is 21.2. The molecule has 1 amide bonds. The van der Waals surface area contributed by atoms with Gasteiger partial charge in [-0.1, -0.05) is 12.1 Å². The molecule has 0 aliphatic carbocycles. The lowest BCUT2D eigenvalue weighted by Gasteiger charge is -2.04. The molecule has 2 rings (SSSR count). The maximum atomic E-state index is 10.9. The molecule has 0 saturated carbocycles. The summed E-state index contributed by atoms with van der Waals surface area (Å²) in [5, 5.41) is 0. The molecule has 11 heavy (non-hydrogen) atoms. The molecule has 1 atom stereocenters. The van der Waals surface area contributed by atoms with Gasteiger partial charge in [0.2, 0.25) is 0 Å². The van der Waals surface area contributed by atoms with Gasteiger partial charge in [-0.05, 0) is 6.07 Å². The Kier molecular flexibility index (Phi) is 1.20. The van der Waals surface area contributed by atoms with Crippen molar-refractivity contribution in [3.8, 4) is 5.75 Å². The van der Waals surface area contributed by atoms with Gasteiger partial charge in [0.05, 0.1) is 0 Å². The topological polar surface area (TPSA) is 30.7 Å². The Morgan fingerprint density at radius 3 is 2.82 bits per heavy atom. The fourth-order valence-corrected chi connectivity index (χ4v) is 1.08. The van der Waals surface area contributed by atoms with Crippen LogP contribution in [0.1, 0.15) is 0 Å². The number of nitrogens with one attached hydrogen (secondary N) is 1. The van der Waals surface area contributed by atoms with Gasteiger partial charge >= 0.3 is 6.09 Å². The Morgan fingerprint density at radius 2 is 2.09 bits per heavy atom. The number of ether oxygens (including phenoxy) is 1. The number of hydrogen-bond acceptors (Lipinski definition) is 2. The van der Waals surface area contributed by atoms with E-state index >= 15 is 0 Å². The number of hydrogen-bond donors (Lipinski definition) is 1. The van der Waals surface area contributed by atoms with Crippen molar-refractivity contribution in [2.24, 2.45) is 0 Å². The van der Waals surface area contributed by atoms with Crippen LogP contribution in [0.15, 0.2) is 24.3 Å². The maximum absolute atomic E-state index is 10.9. The highest BCUT2D eigenvalue weighted by atomic mass is 16.6. The van der Waals surface area contributed by atoms with Crippen molar-refractivity contribution >= 4 is 11.8 Å². The van der Waals surface area contributed by atoms with Crippen LogP contribution in [0.3, 0.4) is 0 Å². The lowest BCUT2D eigenvalue weighted by atomic mass is 10.3. The Labute approximate surface area is 64.2 Å². The molecule has 1 unspecified atom stereocenters. The summed E-state index contributed by atoms with van der Waals surface area (Å²) in [6, 6.07) is 7.25. The largest absolute Gasteiger partial charge is 0.498 e. The number of rotatable bonds is 0. The van der Waals surface area contributed by atoms with Crippen LogP contribution in [0, 0.1) is 7.05 Å². The summed E-state index contributed by atoms with van der Waals surface area (Å²) in [6.45, 7) is 0. The molecule has 0 fully saturated rings. The van der Waals surface area contributed by atoms with Gasteiger partial charge in [0.15, 0.2) is 11.4 Å². The molecule has 1 aromatic carbocycles. The van der Waals surface area contributed by atoms with Gasteiger partial charge in [0.25, 0.3) is 0 Å². The van der Waals surface area contributed by atoms with E-state index < -0.39 is 0 Å². The molecule has 3 nitrogen and oxygen atoms in total. The van der Waals surface area contributed by atoms with E-state index in [0.29, 0.717) is 10.6 Å². The predicted octanol–water partition coefficient (Wildman–Crippen LogP) is 0.507. The molecule has 0 radical (unpaired) electrons. The van der Waals surface area contributed by atoms with Crippen molar-refractivity contribution in [3.63, 3.8) is 0 Å². The first kappa shape index (κ1) is 6.37. The molecule has 0 saturated heterocycles. The van der Waals surface area contributed by atoms with E-state index in [2.05, 4.69) is 7.05 Å². The zero-order valence-corrected chi connectivity index (χ0v) is 5.83. The number of quaternary nitrogens is 1. The smallest absolute Gasteiger partial charge is 0.376 e. The third kappa shape index (κ3) is 0.816. The Morgan fingerprint density at radius 1 is 1.36 bits per heavy atom. The highest BCUT2D eigenvalue weighted by molar-refractivity contribution is 5.72. The number of carbonyl (C=O) groups excluding carboxylic acids is 1. The molecule has 56 valence electrons. The molecular weight excluding hydrogens is 142 g/mol. The van der Waals surface area contributed by atoms with Crippen LogP contribution in [0.4, 0.5) is 10.5 Å². The summed E-state index contributed by atoms with van der Waals surface area (Å²) < 4.78 is 4.88. The standard InChI is InChI=1S/C8H7NO2/c1-9-6-4-2-3-5-7(6)11-8(9)10/h2-5,9H,1H2. The summed E-state index contributed by atoms with van der Waals surface area (Å²) in [6.07, 6.45) is -0.341. The van der Waals surface area contributed by atoms with Crippen molar-refractivity contribution in [1.82, 2.24) is 0 Å². The molecule has 1 heterocycles. The number of para-hydroxylation sites is 2. The minimum atomic E-state index is -0.341. The summed E-state index contributed by atoms with van der Waals surface area (Å²) >= 11 is 0. The van der Waals surface area contributed by atoms with Crippen molar-refractivity contribution in [2.75, 3.05) is 0 Å². The Bertz CT molecular complexity index is 309. The van der Waals surface area contributed by atoms with E-state index in [1.807, 2.05) is 18.2 Å². The fraction of sp³-hybridized carbons (Fsp3) is 0. The van der Waals surface area contributed by atoms with Crippen molar-refractivity contribution in [2.45, 2.75) is 0 Å². The molecule has 1 N–H and O–H groups in total. The van der Waals surface area contributed by atoms with Crippen LogP contribution in [-0.2, 0) is 0 Å². The van der Waals surface area contributed by atoms with Crippen LogP contribution in [0.5, 0.6) is 5.75 Å². The summed E-state index contributed by atoms with van der Waals surface area (Å²) in [7, 11) is 3.60. The number of benzene rings is 1. The first-order chi connectivity index (χ1) is 5.29. The van der Waals surface area contributed by atoms with Crippen molar-refractivity contribution in [3.05, 3.63) is 31.3 Å². The highest BCUT2D eigenvalue weighted by Gasteiger charge is 2.27. The second-order valence-electron chi connectivity index (χ2n) is 2.36. The Balaban J connectivity index is 2.55. The van der Waals surface area contributed by atoms with Crippen molar-refractivity contribution in [1.29, 1.82) is 0 Å². The monoisotopic (exact) mass is 149 g/mol. The number of carbonyl (C=O) groups is 1. The van der Waals surface area contributed by atoms with Crippen LogP contribution < -0.4 is 9.64 Å². The zero-order chi connectivity index (χ0) is 7.84. The van der Waals surface area contributed by atoms with Crippen molar-refractivity contribution < 1.29 is 14.4 Å². The van der Waals surface area contributed by atoms with E-state index in [1.165, 1.54) is 0 Å². The summed E-state index contributed by atoms with van der Waals surface area (Å²) in [5.74, 6) is 0.613. The quantitative estimate of drug-likeness (QED) is 0.545. The molecular formula is C8H7NO2. The summed E-state index contributed by atoms with van der Waals surface area (Å²) in [4.78, 5) is 11.4. The third-order valence-corrected chi connectivity index (χ3v) is 1.66. The zero-order valence-electron chi connectivity index (χ0n) is 5.83. The van der Waals surface area contributed by atoms with Crippen LogP contribution in [0.2, 0.25) is 0 Å². The molecule has 0 spiro atoms. The Hall–Kier alpha value is -1.35. The van der Waals surface area contributed by atoms with E-state index in [-0.39, 0.29) is 6.09 Å². The average molecular weight is 149 g/mol. The van der Waals surface area contributed by atoms with E-state index in [0.717, 1.165) is 5.69 Å². The van der Waals surface area contributed by atoms with Gasteiger partial charge < -0.3 is 9.64 Å². The predicted molar refractivity (Wildman–Crippen MR) is 38.4 cm³/mol. The van der Waals surface area contributed by atoms with Crippen LogP contribution in [0.25, 0.3) is 0 Å². The molecule has 1 aliphatic rings. The maximum Gasteiger partial charge on any atom is 0.498 e. The van der Waals surface area contributed by atoms with Gasteiger partial charge in [-0.2, -0.15) is 4.79 Å². The van der Waals surface area contributed by atoms with Gasteiger partial charge in [-0.15, -0.1) is 7.05 Å². The van der Waals surface area contributed by atoms with E-state index in [9.17, 15) is 4.79 Å². The lowest BCUT2D eigenvalue weighted by molar-refractivity contribution is -0.686. The summed E-state index contributed by atoms with van der Waals surface area (Å²) in [5.41, 5.74) is 0.803. The molecule has 3 heteroatoms. The van der Waals surface area contributed by atoms with Gasteiger partial charge in [0.1, 0.15) is 0 Å². The fourth-order valence-electron chi connectivity index (χ4n) is 1.08. The first-order valence-electron chi connectivity index (χ1n) is 3.29. The number of fused-ring (bicyclic) bond motifs is 1. The SMILES string of the molecule is [CH2-][NH+]1C(=O)Oc2ccccc21. The average Bonchev–Trinajstić information content (AvgIpc) is 2.30. The van der Waals surface area contributed by atoms with Gasteiger partial charge in [-0.3, -0.25) is 0 Å². The molecule has 0 bridgehead atoms. The van der Waals surface area contributed by atoms with Gasteiger partial charge in [0, 0.05) is 6.07 Å². The minimum Gasteiger partial charge on any atom is -0.376 e. The first-order valence-corrected chi connectivity index (χ1v) is 3.29. The third-order valence-electron chi connectivity index (χ3n) is 1.66. The minimum absolute atomic E-state index is 0.341. The molecule has 1 aromatic rings. The van der Waals surface area contributed by atoms with Crippen LogP contribution in [-0.4, -0.2) is 6.09 Å². The van der Waals surface area contributed by atoms with Gasteiger partial charge in [-0.25, -0.2) is 0 Å². The molecule has 0 aromatic heterocycles. The van der Waals surface area contributed by atoms with Crippen LogP contribution >= 0.6 is 0 Å². The van der Waals surface area contributed by atoms with E-state index in [1.54, 1.807) is 6.07 Å². The molecule has 1 aliphatic heterocycles. The highest BCUT2D eigenvalue weighted by Crippen LogP contribution is 2.23. The number of amides is 1. The van der Waals surface area contributed by atoms with E-state index in [4.69, 9.17) is 4.74 Å². The second kappa shape index (κ2) is 2.07. The lowest BCUT2D eigenvalue weighted by Crippen LogP contribution is -3.03.